The number of amides is 2. The molecule has 1 aromatic rings. The fraction of sp³-hybridized carbons (Fsp3) is 0.417. The Bertz CT molecular complexity index is 492. The number of urea groups is 1. The van der Waals surface area contributed by atoms with Gasteiger partial charge in [0.25, 0.3) is 0 Å². The van der Waals surface area contributed by atoms with Crippen LogP contribution in [0.3, 0.4) is 0 Å². The molecule has 6 nitrogen and oxygen atoms in total. The zero-order valence-corrected chi connectivity index (χ0v) is 11.2. The van der Waals surface area contributed by atoms with Crippen LogP contribution in [-0.2, 0) is 4.79 Å². The number of hydrogen-bond donors (Lipinski definition) is 2. The third-order valence-electron chi connectivity index (χ3n) is 2.77. The lowest BCUT2D eigenvalue weighted by molar-refractivity contribution is -0.131. The van der Waals surface area contributed by atoms with Gasteiger partial charge in [0.2, 0.25) is 0 Å². The summed E-state index contributed by atoms with van der Waals surface area (Å²) in [6.07, 6.45) is 7.29. The molecule has 102 valence electrons. The van der Waals surface area contributed by atoms with Crippen molar-refractivity contribution in [3.8, 4) is 0 Å². The minimum Gasteiger partial charge on any atom is -0.478 e. The first-order valence-corrected chi connectivity index (χ1v) is 6.89. The Labute approximate surface area is 114 Å². The number of hydrogen-bond acceptors (Lipinski definition) is 4. The Balaban J connectivity index is 1.92. The minimum atomic E-state index is -1.01. The lowest BCUT2D eigenvalue weighted by Gasteiger charge is -2.26. The van der Waals surface area contributed by atoms with Gasteiger partial charge >= 0.3 is 12.0 Å². The lowest BCUT2D eigenvalue weighted by Crippen LogP contribution is -2.38. The van der Waals surface area contributed by atoms with Crippen LogP contribution in [0.25, 0.3) is 6.08 Å². The van der Waals surface area contributed by atoms with Crippen LogP contribution in [0.15, 0.2) is 12.3 Å². The Hall–Kier alpha value is -1.89. The van der Waals surface area contributed by atoms with E-state index in [2.05, 4.69) is 10.3 Å². The molecule has 2 rings (SSSR count). The van der Waals surface area contributed by atoms with Crippen LogP contribution in [0.4, 0.5) is 9.93 Å². The first-order chi connectivity index (χ1) is 9.15. The summed E-state index contributed by atoms with van der Waals surface area (Å²) in [6, 6.07) is -0.136. The lowest BCUT2D eigenvalue weighted by atomic mass is 10.1. The molecule has 0 spiro atoms. The molecule has 2 heterocycles. The van der Waals surface area contributed by atoms with E-state index < -0.39 is 5.97 Å². The van der Waals surface area contributed by atoms with Crippen LogP contribution < -0.4 is 5.32 Å². The summed E-state index contributed by atoms with van der Waals surface area (Å²) in [5, 5.41) is 11.7. The number of carboxylic acids is 1. The molecule has 0 saturated carbocycles. The molecule has 0 aromatic carbocycles. The average molecular weight is 281 g/mol. The Morgan fingerprint density at radius 2 is 2.11 bits per heavy atom. The van der Waals surface area contributed by atoms with Crippen molar-refractivity contribution in [2.75, 3.05) is 18.4 Å². The number of anilines is 1. The summed E-state index contributed by atoms with van der Waals surface area (Å²) in [5.74, 6) is -1.01. The summed E-state index contributed by atoms with van der Waals surface area (Å²) < 4.78 is 0. The third kappa shape index (κ3) is 4.06. The number of carbonyl (C=O) groups is 2. The van der Waals surface area contributed by atoms with Crippen molar-refractivity contribution in [2.45, 2.75) is 19.3 Å². The van der Waals surface area contributed by atoms with Crippen molar-refractivity contribution in [1.82, 2.24) is 9.88 Å². The number of aliphatic carboxylic acids is 1. The van der Waals surface area contributed by atoms with Crippen LogP contribution in [-0.4, -0.2) is 40.1 Å². The smallest absolute Gasteiger partial charge is 0.328 e. The van der Waals surface area contributed by atoms with Gasteiger partial charge in [0.1, 0.15) is 0 Å². The normalized spacial score (nSPS) is 15.7. The molecule has 7 heteroatoms. The van der Waals surface area contributed by atoms with Gasteiger partial charge in [-0.3, -0.25) is 5.32 Å². The van der Waals surface area contributed by atoms with Gasteiger partial charge < -0.3 is 10.0 Å². The number of thiazole rings is 1. The van der Waals surface area contributed by atoms with Crippen molar-refractivity contribution in [3.05, 3.63) is 17.2 Å². The van der Waals surface area contributed by atoms with Crippen molar-refractivity contribution >= 4 is 34.5 Å². The van der Waals surface area contributed by atoms with Crippen LogP contribution in [0, 0.1) is 0 Å². The predicted octanol–water partition coefficient (Wildman–Crippen LogP) is 2.26. The van der Waals surface area contributed by atoms with E-state index in [1.165, 1.54) is 30.0 Å². The van der Waals surface area contributed by atoms with Gasteiger partial charge in [-0.25, -0.2) is 14.6 Å². The van der Waals surface area contributed by atoms with Crippen molar-refractivity contribution in [2.24, 2.45) is 0 Å². The van der Waals surface area contributed by atoms with Gasteiger partial charge in [0, 0.05) is 30.2 Å². The number of nitrogens with zero attached hydrogens (tertiary/aromatic N) is 2. The monoisotopic (exact) mass is 281 g/mol. The number of carboxylic acid groups (broad SMARTS) is 1. The minimum absolute atomic E-state index is 0.136. The molecule has 2 amide bonds. The van der Waals surface area contributed by atoms with E-state index in [0.29, 0.717) is 10.0 Å². The van der Waals surface area contributed by atoms with Crippen LogP contribution >= 0.6 is 11.3 Å². The SMILES string of the molecule is O=C(O)C=Cc1cnc(NC(=O)N2CCCCC2)s1. The molecular formula is C12H15N3O3S. The molecule has 0 unspecified atom stereocenters. The summed E-state index contributed by atoms with van der Waals surface area (Å²) in [4.78, 5) is 28.8. The molecule has 0 radical (unpaired) electrons. The first-order valence-electron chi connectivity index (χ1n) is 6.08. The maximum absolute atomic E-state index is 11.9. The molecule has 1 aliphatic rings. The highest BCUT2D eigenvalue weighted by Crippen LogP contribution is 2.20. The Morgan fingerprint density at radius 3 is 2.79 bits per heavy atom. The molecule has 0 aliphatic carbocycles. The number of nitrogens with one attached hydrogen (secondary N) is 1. The van der Waals surface area contributed by atoms with Gasteiger partial charge in [0.05, 0.1) is 0 Å². The summed E-state index contributed by atoms with van der Waals surface area (Å²) >= 11 is 1.25. The highest BCUT2D eigenvalue weighted by Gasteiger charge is 2.17. The topological polar surface area (TPSA) is 82.5 Å². The van der Waals surface area contributed by atoms with Crippen molar-refractivity contribution in [3.63, 3.8) is 0 Å². The molecule has 2 N–H and O–H groups in total. The second kappa shape index (κ2) is 6.33. The maximum atomic E-state index is 11.9. The second-order valence-corrected chi connectivity index (χ2v) is 5.28. The van der Waals surface area contributed by atoms with E-state index in [-0.39, 0.29) is 6.03 Å². The Morgan fingerprint density at radius 1 is 1.37 bits per heavy atom. The van der Waals surface area contributed by atoms with Gasteiger partial charge in [-0.2, -0.15) is 0 Å². The molecule has 1 aromatic heterocycles. The molecule has 19 heavy (non-hydrogen) atoms. The van der Waals surface area contributed by atoms with Crippen LogP contribution in [0.2, 0.25) is 0 Å². The molecule has 1 aliphatic heterocycles. The third-order valence-corrected chi connectivity index (χ3v) is 3.65. The van der Waals surface area contributed by atoms with E-state index in [9.17, 15) is 9.59 Å². The van der Waals surface area contributed by atoms with E-state index in [1.807, 2.05) is 0 Å². The number of likely N-dealkylation sites (tertiary alicyclic amines) is 1. The van der Waals surface area contributed by atoms with Gasteiger partial charge in [0.15, 0.2) is 5.13 Å². The Kier molecular flexibility index (Phi) is 4.51. The van der Waals surface area contributed by atoms with Crippen LogP contribution in [0.5, 0.6) is 0 Å². The van der Waals surface area contributed by atoms with E-state index in [0.717, 1.165) is 32.0 Å². The first kappa shape index (κ1) is 13.5. The summed E-state index contributed by atoms with van der Waals surface area (Å²) in [7, 11) is 0. The molecule has 1 fully saturated rings. The average Bonchev–Trinajstić information content (AvgIpc) is 2.85. The number of piperidine rings is 1. The fourth-order valence-electron chi connectivity index (χ4n) is 1.84. The van der Waals surface area contributed by atoms with Crippen molar-refractivity contribution < 1.29 is 14.7 Å². The van der Waals surface area contributed by atoms with E-state index >= 15 is 0 Å². The van der Waals surface area contributed by atoms with Gasteiger partial charge in [-0.05, 0) is 25.3 Å². The molecular weight excluding hydrogens is 266 g/mol. The highest BCUT2D eigenvalue weighted by atomic mass is 32.1. The largest absolute Gasteiger partial charge is 0.478 e. The zero-order chi connectivity index (χ0) is 13.7. The van der Waals surface area contributed by atoms with E-state index in [4.69, 9.17) is 5.11 Å². The fourth-order valence-corrected chi connectivity index (χ4v) is 2.55. The van der Waals surface area contributed by atoms with Gasteiger partial charge in [-0.1, -0.05) is 11.3 Å². The highest BCUT2D eigenvalue weighted by molar-refractivity contribution is 7.16. The number of carbonyl (C=O) groups excluding carboxylic acids is 1. The number of aromatic nitrogens is 1. The summed E-state index contributed by atoms with van der Waals surface area (Å²) in [6.45, 7) is 1.56. The van der Waals surface area contributed by atoms with Crippen molar-refractivity contribution in [1.29, 1.82) is 0 Å². The second-order valence-electron chi connectivity index (χ2n) is 4.22. The number of rotatable bonds is 3. The molecule has 0 atom stereocenters. The standard InChI is InChI=1S/C12H15N3O3S/c16-10(17)5-4-9-8-13-11(19-9)14-12(18)15-6-2-1-3-7-15/h4-5,8H,1-3,6-7H2,(H,16,17)(H,13,14,18). The van der Waals surface area contributed by atoms with Gasteiger partial charge in [-0.15, -0.1) is 0 Å². The quantitative estimate of drug-likeness (QED) is 0.832. The molecule has 0 bridgehead atoms. The molecule has 1 saturated heterocycles. The maximum Gasteiger partial charge on any atom is 0.328 e. The summed E-state index contributed by atoms with van der Waals surface area (Å²) in [5.41, 5.74) is 0. The zero-order valence-electron chi connectivity index (χ0n) is 10.3. The predicted molar refractivity (Wildman–Crippen MR) is 73.2 cm³/mol. The van der Waals surface area contributed by atoms with E-state index in [1.54, 1.807) is 4.90 Å². The van der Waals surface area contributed by atoms with Crippen LogP contribution in [0.1, 0.15) is 24.1 Å².